The Morgan fingerprint density at radius 3 is 2.84 bits per heavy atom. The molecule has 0 unspecified atom stereocenters. The molecule has 0 aliphatic carbocycles. The van der Waals surface area contributed by atoms with Crippen molar-refractivity contribution in [1.82, 2.24) is 15.2 Å². The first-order valence-electron chi connectivity index (χ1n) is 7.21. The van der Waals surface area contributed by atoms with Gasteiger partial charge in [0.15, 0.2) is 5.89 Å². The highest BCUT2D eigenvalue weighted by molar-refractivity contribution is 5.87. The molecule has 5 heteroatoms. The fraction of sp³-hybridized carbons (Fsp3) is 0.714. The number of aromatic nitrogens is 1. The van der Waals surface area contributed by atoms with E-state index in [9.17, 15) is 4.79 Å². The Hall–Kier alpha value is -1.36. The van der Waals surface area contributed by atoms with E-state index in [4.69, 9.17) is 4.42 Å². The monoisotopic (exact) mass is 263 g/mol. The first-order chi connectivity index (χ1) is 9.24. The van der Waals surface area contributed by atoms with Gasteiger partial charge in [-0.3, -0.25) is 9.69 Å². The maximum atomic E-state index is 12.5. The Labute approximate surface area is 113 Å². The van der Waals surface area contributed by atoms with E-state index >= 15 is 0 Å². The standard InChI is InChI=1S/C14H21N3O2/c1-2-12-15-9-11(19-12)10-16-13(18)14-5-3-7-17(14)8-4-6-14/h9H,2-8,10H2,1H3,(H,16,18). The van der Waals surface area contributed by atoms with Crippen molar-refractivity contribution in [3.05, 3.63) is 17.8 Å². The van der Waals surface area contributed by atoms with E-state index < -0.39 is 0 Å². The van der Waals surface area contributed by atoms with Crippen LogP contribution in [0.15, 0.2) is 10.6 Å². The fourth-order valence-electron chi connectivity index (χ4n) is 3.40. The van der Waals surface area contributed by atoms with Gasteiger partial charge in [0.2, 0.25) is 5.91 Å². The highest BCUT2D eigenvalue weighted by atomic mass is 16.4. The molecule has 104 valence electrons. The van der Waals surface area contributed by atoms with Crippen LogP contribution in [0.3, 0.4) is 0 Å². The lowest BCUT2D eigenvalue weighted by molar-refractivity contribution is -0.130. The maximum absolute atomic E-state index is 12.5. The van der Waals surface area contributed by atoms with Gasteiger partial charge < -0.3 is 9.73 Å². The Bertz CT molecular complexity index is 459. The molecule has 0 atom stereocenters. The number of nitrogens with zero attached hydrogens (tertiary/aromatic N) is 2. The van der Waals surface area contributed by atoms with Gasteiger partial charge in [0.05, 0.1) is 12.7 Å². The van der Waals surface area contributed by atoms with Crippen LogP contribution in [0.5, 0.6) is 0 Å². The Balaban J connectivity index is 1.62. The van der Waals surface area contributed by atoms with Gasteiger partial charge in [0, 0.05) is 6.42 Å². The minimum atomic E-state index is -0.229. The number of carbonyl (C=O) groups excluding carboxylic acids is 1. The van der Waals surface area contributed by atoms with Gasteiger partial charge in [-0.05, 0) is 38.8 Å². The van der Waals surface area contributed by atoms with E-state index in [-0.39, 0.29) is 11.4 Å². The van der Waals surface area contributed by atoms with Crippen molar-refractivity contribution in [2.45, 2.75) is 51.1 Å². The van der Waals surface area contributed by atoms with Gasteiger partial charge >= 0.3 is 0 Å². The van der Waals surface area contributed by atoms with Crippen molar-refractivity contribution in [2.75, 3.05) is 13.1 Å². The number of amides is 1. The minimum absolute atomic E-state index is 0.164. The largest absolute Gasteiger partial charge is 0.444 e. The second-order valence-electron chi connectivity index (χ2n) is 5.48. The predicted molar refractivity (Wildman–Crippen MR) is 70.5 cm³/mol. The molecule has 0 spiro atoms. The maximum Gasteiger partial charge on any atom is 0.240 e. The van der Waals surface area contributed by atoms with Crippen LogP contribution >= 0.6 is 0 Å². The molecule has 2 saturated heterocycles. The third-order valence-corrected chi connectivity index (χ3v) is 4.39. The van der Waals surface area contributed by atoms with Crippen molar-refractivity contribution >= 4 is 5.91 Å². The summed E-state index contributed by atoms with van der Waals surface area (Å²) in [6, 6.07) is 0. The molecule has 1 aromatic rings. The van der Waals surface area contributed by atoms with Crippen molar-refractivity contribution in [3.63, 3.8) is 0 Å². The molecule has 1 N–H and O–H groups in total. The van der Waals surface area contributed by atoms with Gasteiger partial charge in [-0.2, -0.15) is 0 Å². The number of aryl methyl sites for hydroxylation is 1. The Kier molecular flexibility index (Phi) is 3.31. The zero-order valence-electron chi connectivity index (χ0n) is 11.4. The summed E-state index contributed by atoms with van der Waals surface area (Å²) < 4.78 is 5.52. The highest BCUT2D eigenvalue weighted by Crippen LogP contribution is 2.38. The van der Waals surface area contributed by atoms with Crippen LogP contribution in [-0.2, 0) is 17.8 Å². The van der Waals surface area contributed by atoms with Crippen LogP contribution in [-0.4, -0.2) is 34.4 Å². The lowest BCUT2D eigenvalue weighted by atomic mass is 9.93. The van der Waals surface area contributed by atoms with E-state index in [0.29, 0.717) is 6.54 Å². The lowest BCUT2D eigenvalue weighted by Gasteiger charge is -2.30. The first kappa shape index (κ1) is 12.7. The predicted octanol–water partition coefficient (Wildman–Crippen LogP) is 1.48. The van der Waals surface area contributed by atoms with Gasteiger partial charge in [-0.15, -0.1) is 0 Å². The van der Waals surface area contributed by atoms with E-state index in [1.807, 2.05) is 6.92 Å². The van der Waals surface area contributed by atoms with Crippen LogP contribution in [0.2, 0.25) is 0 Å². The molecular formula is C14H21N3O2. The third-order valence-electron chi connectivity index (χ3n) is 4.39. The van der Waals surface area contributed by atoms with Gasteiger partial charge in [0.25, 0.3) is 0 Å². The molecule has 3 heterocycles. The summed E-state index contributed by atoms with van der Waals surface area (Å²) in [7, 11) is 0. The normalized spacial score (nSPS) is 21.5. The molecule has 0 bridgehead atoms. The molecule has 0 saturated carbocycles. The van der Waals surface area contributed by atoms with Crippen LogP contribution in [0, 0.1) is 0 Å². The van der Waals surface area contributed by atoms with Gasteiger partial charge in [-0.1, -0.05) is 6.92 Å². The molecular weight excluding hydrogens is 242 g/mol. The number of fused-ring (bicyclic) bond motifs is 1. The molecule has 5 nitrogen and oxygen atoms in total. The van der Waals surface area contributed by atoms with E-state index in [0.717, 1.165) is 56.8 Å². The van der Waals surface area contributed by atoms with E-state index in [2.05, 4.69) is 15.2 Å². The van der Waals surface area contributed by atoms with Gasteiger partial charge in [0.1, 0.15) is 11.3 Å². The number of oxazole rings is 1. The summed E-state index contributed by atoms with van der Waals surface area (Å²) in [5.74, 6) is 1.63. The zero-order chi connectivity index (χ0) is 13.3. The van der Waals surface area contributed by atoms with Crippen LogP contribution in [0.4, 0.5) is 0 Å². The topological polar surface area (TPSA) is 58.4 Å². The second kappa shape index (κ2) is 4.96. The zero-order valence-corrected chi connectivity index (χ0v) is 11.4. The Morgan fingerprint density at radius 2 is 2.21 bits per heavy atom. The molecule has 2 aliphatic rings. The van der Waals surface area contributed by atoms with Gasteiger partial charge in [-0.25, -0.2) is 4.98 Å². The highest BCUT2D eigenvalue weighted by Gasteiger charge is 2.49. The second-order valence-corrected chi connectivity index (χ2v) is 5.48. The summed E-state index contributed by atoms with van der Waals surface area (Å²) in [5, 5.41) is 3.03. The summed E-state index contributed by atoms with van der Waals surface area (Å²) in [4.78, 5) is 19.0. The number of nitrogens with one attached hydrogen (secondary N) is 1. The van der Waals surface area contributed by atoms with Crippen molar-refractivity contribution in [2.24, 2.45) is 0 Å². The first-order valence-corrected chi connectivity index (χ1v) is 7.21. The molecule has 1 aromatic heterocycles. The average molecular weight is 263 g/mol. The smallest absolute Gasteiger partial charge is 0.240 e. The summed E-state index contributed by atoms with van der Waals surface area (Å²) in [6.45, 7) is 4.58. The van der Waals surface area contributed by atoms with Crippen LogP contribution in [0.1, 0.15) is 44.3 Å². The molecule has 2 fully saturated rings. The van der Waals surface area contributed by atoms with Crippen molar-refractivity contribution < 1.29 is 9.21 Å². The summed E-state index contributed by atoms with van der Waals surface area (Å²) >= 11 is 0. The van der Waals surface area contributed by atoms with Crippen molar-refractivity contribution in [1.29, 1.82) is 0 Å². The SMILES string of the molecule is CCc1ncc(CNC(=O)C23CCCN2CCC3)o1. The molecule has 2 aliphatic heterocycles. The van der Waals surface area contributed by atoms with E-state index in [1.165, 1.54) is 0 Å². The number of hydrogen-bond acceptors (Lipinski definition) is 4. The number of carbonyl (C=O) groups is 1. The molecule has 0 aromatic carbocycles. The van der Waals surface area contributed by atoms with E-state index in [1.54, 1.807) is 6.20 Å². The summed E-state index contributed by atoms with van der Waals surface area (Å²) in [5.41, 5.74) is -0.229. The average Bonchev–Trinajstić information content (AvgIpc) is 3.10. The molecule has 1 amide bonds. The quantitative estimate of drug-likeness (QED) is 0.894. The number of rotatable bonds is 4. The molecule has 0 radical (unpaired) electrons. The van der Waals surface area contributed by atoms with Crippen molar-refractivity contribution in [3.8, 4) is 0 Å². The minimum Gasteiger partial charge on any atom is -0.444 e. The molecule has 19 heavy (non-hydrogen) atoms. The van der Waals surface area contributed by atoms with Crippen LogP contribution < -0.4 is 5.32 Å². The Morgan fingerprint density at radius 1 is 1.47 bits per heavy atom. The van der Waals surface area contributed by atoms with Crippen LogP contribution in [0.25, 0.3) is 0 Å². The molecule has 3 rings (SSSR count). The lowest BCUT2D eigenvalue weighted by Crippen LogP contribution is -2.51. The fourth-order valence-corrected chi connectivity index (χ4v) is 3.40. The summed E-state index contributed by atoms with van der Waals surface area (Å²) in [6.07, 6.45) is 6.75. The number of hydrogen-bond donors (Lipinski definition) is 1. The third kappa shape index (κ3) is 2.16.